The molecule has 0 saturated carbocycles. The van der Waals surface area contributed by atoms with Gasteiger partial charge in [-0.15, -0.1) is 34.0 Å². The minimum atomic E-state index is -0.382. The van der Waals surface area contributed by atoms with Crippen molar-refractivity contribution in [3.63, 3.8) is 0 Å². The molecule has 12 nitrogen and oxygen atoms in total. The molecule has 3 fully saturated rings. The van der Waals surface area contributed by atoms with E-state index in [9.17, 15) is 34.1 Å². The Balaban J connectivity index is 0.000000130. The number of thiophene rings is 3. The second kappa shape index (κ2) is 30.0. The summed E-state index contributed by atoms with van der Waals surface area (Å²) in [5, 5.41) is 33.6. The Kier molecular flexibility index (Phi) is 20.5. The fourth-order valence-corrected chi connectivity index (χ4v) is 15.7. The number of nitrogens with zero attached hydrogens (tertiary/aromatic N) is 3. The van der Waals surface area contributed by atoms with Crippen LogP contribution < -0.4 is 14.2 Å². The largest absolute Gasteiger partial charge is 0.508 e. The normalized spacial score (nSPS) is 13.8. The summed E-state index contributed by atoms with van der Waals surface area (Å²) in [6.45, 7) is 11.7. The van der Waals surface area contributed by atoms with E-state index < -0.39 is 0 Å². The van der Waals surface area contributed by atoms with Crippen molar-refractivity contribution in [3.8, 4) is 67.9 Å². The predicted octanol–water partition coefficient (Wildman–Crippen LogP) is 18.2. The number of hydrogen-bond donors (Lipinski definition) is 3. The summed E-state index contributed by atoms with van der Waals surface area (Å²) < 4.78 is 33.6. The molecule has 3 aliphatic heterocycles. The first-order valence-corrected chi connectivity index (χ1v) is 35.0. The Hall–Kier alpha value is -8.94. The number of hydrogen-bond acceptors (Lipinski definition) is 15. The molecule has 3 N–H and O–H groups in total. The number of halogens is 3. The summed E-state index contributed by atoms with van der Waals surface area (Å²) in [7, 11) is 0. The van der Waals surface area contributed by atoms with Crippen molar-refractivity contribution < 1.29 is 48.3 Å². The first-order valence-electron chi connectivity index (χ1n) is 31.8. The van der Waals surface area contributed by atoms with Crippen molar-refractivity contribution in [2.24, 2.45) is 0 Å². The summed E-state index contributed by atoms with van der Waals surface area (Å²) in [5.74, 6) is 2.18. The van der Waals surface area contributed by atoms with Gasteiger partial charge in [-0.1, -0.05) is 71.7 Å². The fraction of sp³-hybridized carbons (Fsp3) is 0.192. The van der Waals surface area contributed by atoms with E-state index in [4.69, 9.17) is 37.4 Å². The molecule has 0 bridgehead atoms. The van der Waals surface area contributed by atoms with Crippen LogP contribution in [0.4, 0.5) is 4.39 Å². The molecule has 0 radical (unpaired) electrons. The predicted molar refractivity (Wildman–Crippen MR) is 386 cm³/mol. The van der Waals surface area contributed by atoms with E-state index in [1.807, 2.05) is 103 Å². The lowest BCUT2D eigenvalue weighted by Gasteiger charge is -2.30. The molecule has 486 valence electrons. The molecule has 0 unspecified atom stereocenters. The number of aromatic hydroxyl groups is 3. The Labute approximate surface area is 577 Å². The van der Waals surface area contributed by atoms with Crippen LogP contribution in [0.15, 0.2) is 200 Å². The smallest absolute Gasteiger partial charge is 0.205 e. The van der Waals surface area contributed by atoms with Crippen molar-refractivity contribution in [1.82, 2.24) is 14.7 Å². The average molecular weight is 1380 g/mol. The van der Waals surface area contributed by atoms with Crippen LogP contribution in [-0.4, -0.2) is 126 Å². The van der Waals surface area contributed by atoms with Gasteiger partial charge in [-0.25, -0.2) is 4.39 Å². The molecule has 12 aromatic rings. The quantitative estimate of drug-likeness (QED) is 0.0588. The van der Waals surface area contributed by atoms with Gasteiger partial charge >= 0.3 is 0 Å². The lowest BCUT2D eigenvalue weighted by molar-refractivity contribution is 0.103. The highest BCUT2D eigenvalue weighted by molar-refractivity contribution is 7.22. The average Bonchev–Trinajstić information content (AvgIpc) is 1.65. The molecule has 9 aromatic carbocycles. The van der Waals surface area contributed by atoms with Crippen LogP contribution in [0.3, 0.4) is 0 Å². The molecule has 3 aromatic heterocycles. The number of carbonyl (C=O) groups excluding carboxylic acids is 3. The van der Waals surface area contributed by atoms with Crippen LogP contribution in [0.2, 0.25) is 10.0 Å². The second-order valence-electron chi connectivity index (χ2n) is 23.6. The lowest BCUT2D eigenvalue weighted by atomic mass is 9.98. The van der Waals surface area contributed by atoms with Crippen LogP contribution >= 0.6 is 57.2 Å². The Morgan fingerprint density at radius 3 is 1.07 bits per heavy atom. The van der Waals surface area contributed by atoms with Gasteiger partial charge in [0, 0.05) is 88.3 Å². The highest BCUT2D eigenvalue weighted by Crippen LogP contribution is 2.45. The van der Waals surface area contributed by atoms with Crippen LogP contribution in [0.25, 0.3) is 63.6 Å². The Morgan fingerprint density at radius 2 is 0.740 bits per heavy atom. The highest BCUT2D eigenvalue weighted by atomic mass is 35.5. The third kappa shape index (κ3) is 15.2. The number of ether oxygens (including phenoxy) is 3. The summed E-state index contributed by atoms with van der Waals surface area (Å²) >= 11 is 16.4. The molecular weight excluding hydrogens is 1310 g/mol. The maximum atomic E-state index is 13.5. The number of rotatable bonds is 21. The molecule has 3 saturated heterocycles. The first-order chi connectivity index (χ1) is 46.8. The topological polar surface area (TPSA) is 149 Å². The molecular formula is C78H66Cl2FN3O9S3. The summed E-state index contributed by atoms with van der Waals surface area (Å²) in [6, 6.07) is 58.6. The van der Waals surface area contributed by atoms with Gasteiger partial charge in [0.05, 0.1) is 19.7 Å². The van der Waals surface area contributed by atoms with E-state index in [-0.39, 0.29) is 40.4 Å². The van der Waals surface area contributed by atoms with Crippen molar-refractivity contribution in [3.05, 3.63) is 247 Å². The van der Waals surface area contributed by atoms with Crippen molar-refractivity contribution in [1.29, 1.82) is 0 Å². The van der Waals surface area contributed by atoms with Crippen LogP contribution in [-0.2, 0) is 0 Å². The molecule has 0 amide bonds. The number of benzene rings is 9. The molecule has 0 aliphatic carbocycles. The Morgan fingerprint density at radius 1 is 0.406 bits per heavy atom. The molecule has 3 aliphatic rings. The van der Waals surface area contributed by atoms with Gasteiger partial charge in [-0.2, -0.15) is 0 Å². The minimum absolute atomic E-state index is 0.0627. The Bertz CT molecular complexity index is 4560. The SMILES string of the molecule is O=C(c1ccc(Cl)cc1)c1sc2cc(O)ccc2c1-c1ccc(OCCN2CCC2)cc1.O=C(c1ccc(F)cc1)c1sc2cc(O)ccc2c1-c1ccc(OCCN2CCC2)cc1.O=C(c1ccccc1Cl)c1sc2cc(O)ccc2c1-c1ccc(OCCN2CCC2)cc1. The molecule has 18 heteroatoms. The standard InChI is InChI=1S/2C26H22ClNO3S.C26H22FNO3S/c27-19-6-2-18(3-7-19)25(30)26-24(22-11-8-20(29)16-23(22)32-26)17-4-9-21(10-5-17)31-15-14-28-12-1-13-28;27-22-5-2-1-4-20(22)25(30)26-24(21-11-8-18(29)16-23(21)32-26)17-6-9-19(10-7-17)31-15-14-28-12-3-13-28;27-19-6-2-18(3-7-19)25(30)26-24(22-11-8-20(29)16-23(22)32-26)17-4-9-21(10-5-17)31-15-14-28-12-1-13-28/h2-11,16,29H,1,12-15H2;1-2,4-11,16,29H,3,12-15H2;2-11,16,29H,1,12-15H2. The number of phenols is 3. The third-order valence-corrected chi connectivity index (χ3v) is 21.3. The highest BCUT2D eigenvalue weighted by Gasteiger charge is 2.26. The maximum absolute atomic E-state index is 13.5. The van der Waals surface area contributed by atoms with E-state index in [0.717, 1.165) is 140 Å². The van der Waals surface area contributed by atoms with Crippen LogP contribution in [0.1, 0.15) is 65.0 Å². The summed E-state index contributed by atoms with van der Waals surface area (Å²) in [6.07, 6.45) is 3.81. The van der Waals surface area contributed by atoms with E-state index in [0.29, 0.717) is 61.2 Å². The molecule has 0 atom stereocenters. The number of likely N-dealkylation sites (tertiary alicyclic amines) is 3. The number of carbonyl (C=O) groups is 3. The van der Waals surface area contributed by atoms with E-state index in [1.54, 1.807) is 72.8 Å². The van der Waals surface area contributed by atoms with Crippen LogP contribution in [0.5, 0.6) is 34.5 Å². The first kappa shape index (κ1) is 65.7. The minimum Gasteiger partial charge on any atom is -0.508 e. The van der Waals surface area contributed by atoms with Gasteiger partial charge in [-0.3, -0.25) is 29.1 Å². The number of ketones is 3. The molecule has 15 rings (SSSR count). The van der Waals surface area contributed by atoms with Gasteiger partial charge in [0.1, 0.15) is 60.1 Å². The van der Waals surface area contributed by atoms with Gasteiger partial charge in [0.15, 0.2) is 0 Å². The second-order valence-corrected chi connectivity index (χ2v) is 27.6. The zero-order valence-electron chi connectivity index (χ0n) is 52.2. The fourth-order valence-electron chi connectivity index (χ4n) is 11.7. The molecule has 6 heterocycles. The summed E-state index contributed by atoms with van der Waals surface area (Å²) in [4.78, 5) is 49.0. The molecule has 96 heavy (non-hydrogen) atoms. The zero-order valence-corrected chi connectivity index (χ0v) is 56.1. The van der Waals surface area contributed by atoms with Crippen molar-refractivity contribution >= 4 is 105 Å². The van der Waals surface area contributed by atoms with E-state index in [2.05, 4.69) is 14.7 Å². The molecule has 0 spiro atoms. The van der Waals surface area contributed by atoms with Gasteiger partial charge in [-0.05, 0) is 227 Å². The van der Waals surface area contributed by atoms with Gasteiger partial charge in [0.25, 0.3) is 0 Å². The monoisotopic (exact) mass is 1370 g/mol. The third-order valence-electron chi connectivity index (χ3n) is 17.3. The van der Waals surface area contributed by atoms with E-state index >= 15 is 0 Å². The van der Waals surface area contributed by atoms with E-state index in [1.165, 1.54) is 77.5 Å². The van der Waals surface area contributed by atoms with Gasteiger partial charge in [0.2, 0.25) is 17.3 Å². The lowest BCUT2D eigenvalue weighted by Crippen LogP contribution is -2.39. The van der Waals surface area contributed by atoms with Crippen molar-refractivity contribution in [2.45, 2.75) is 19.3 Å². The number of fused-ring (bicyclic) bond motifs is 3. The van der Waals surface area contributed by atoms with Crippen molar-refractivity contribution in [2.75, 3.05) is 78.7 Å². The summed E-state index contributed by atoms with van der Waals surface area (Å²) in [5.41, 5.74) is 6.76. The van der Waals surface area contributed by atoms with Crippen LogP contribution in [0, 0.1) is 5.82 Å². The van der Waals surface area contributed by atoms with Gasteiger partial charge < -0.3 is 29.5 Å². The number of phenolic OH excluding ortho intramolecular Hbond substituents is 3. The maximum Gasteiger partial charge on any atom is 0.205 e. The zero-order chi connectivity index (χ0) is 66.2.